The number of para-hydroxylation sites is 1. The molecule has 0 aliphatic carbocycles. The fourth-order valence-corrected chi connectivity index (χ4v) is 5.93. The van der Waals surface area contributed by atoms with Crippen LogP contribution in [-0.2, 0) is 32.6 Å². The van der Waals surface area contributed by atoms with Gasteiger partial charge in [-0.25, -0.2) is 8.42 Å². The number of amides is 2. The number of anilines is 1. The summed E-state index contributed by atoms with van der Waals surface area (Å²) in [6.07, 6.45) is 2.43. The molecule has 0 saturated carbocycles. The lowest BCUT2D eigenvalue weighted by molar-refractivity contribution is -0.141. The molecule has 0 saturated heterocycles. The van der Waals surface area contributed by atoms with Gasteiger partial charge in [0.15, 0.2) is 0 Å². The van der Waals surface area contributed by atoms with E-state index < -0.39 is 16.1 Å². The van der Waals surface area contributed by atoms with Crippen molar-refractivity contribution in [3.63, 3.8) is 0 Å². The third-order valence-corrected chi connectivity index (χ3v) is 8.76. The SMILES string of the molecule is CC[C@H](C)NC(=O)[C@@H](Cc1ccccc1)N(Cc1c(Cl)cccc1Cl)C(=O)CCCN(c1ccccc1)S(C)(=O)=O. The molecule has 3 rings (SSSR count). The molecule has 0 radical (unpaired) electrons. The molecule has 0 aliphatic heterocycles. The maximum Gasteiger partial charge on any atom is 0.243 e. The average molecular weight is 619 g/mol. The maximum absolute atomic E-state index is 13.9. The highest BCUT2D eigenvalue weighted by atomic mass is 35.5. The molecular weight excluding hydrogens is 581 g/mol. The van der Waals surface area contributed by atoms with E-state index in [0.29, 0.717) is 21.3 Å². The summed E-state index contributed by atoms with van der Waals surface area (Å²) in [6.45, 7) is 4.02. The van der Waals surface area contributed by atoms with E-state index >= 15 is 0 Å². The van der Waals surface area contributed by atoms with Crippen molar-refractivity contribution in [3.8, 4) is 0 Å². The van der Waals surface area contributed by atoms with E-state index in [1.54, 1.807) is 42.5 Å². The summed E-state index contributed by atoms with van der Waals surface area (Å²) in [5, 5.41) is 3.81. The quantitative estimate of drug-likeness (QED) is 0.237. The van der Waals surface area contributed by atoms with Crippen LogP contribution in [-0.4, -0.2) is 50.0 Å². The highest BCUT2D eigenvalue weighted by Gasteiger charge is 2.32. The first-order valence-corrected chi connectivity index (χ1v) is 16.2. The summed E-state index contributed by atoms with van der Waals surface area (Å²) in [5.74, 6) is -0.579. The fraction of sp³-hybridized carbons (Fsp3) is 0.355. The van der Waals surface area contributed by atoms with Crippen LogP contribution in [0.1, 0.15) is 44.2 Å². The van der Waals surface area contributed by atoms with Gasteiger partial charge in [-0.3, -0.25) is 13.9 Å². The minimum Gasteiger partial charge on any atom is -0.352 e. The second-order valence-corrected chi connectivity index (χ2v) is 12.7. The van der Waals surface area contributed by atoms with E-state index in [4.69, 9.17) is 23.2 Å². The lowest BCUT2D eigenvalue weighted by atomic mass is 10.0. The first kappa shape index (κ1) is 32.4. The van der Waals surface area contributed by atoms with Crippen LogP contribution < -0.4 is 9.62 Å². The Morgan fingerprint density at radius 3 is 2.05 bits per heavy atom. The molecule has 0 unspecified atom stereocenters. The Morgan fingerprint density at radius 1 is 0.902 bits per heavy atom. The topological polar surface area (TPSA) is 86.8 Å². The van der Waals surface area contributed by atoms with Gasteiger partial charge >= 0.3 is 0 Å². The average Bonchev–Trinajstić information content (AvgIpc) is 2.94. The Hall–Kier alpha value is -3.07. The molecule has 0 heterocycles. The molecule has 220 valence electrons. The van der Waals surface area contributed by atoms with Gasteiger partial charge in [-0.1, -0.05) is 84.7 Å². The van der Waals surface area contributed by atoms with E-state index in [2.05, 4.69) is 5.32 Å². The number of hydrogen-bond donors (Lipinski definition) is 1. The van der Waals surface area contributed by atoms with Gasteiger partial charge in [0.25, 0.3) is 0 Å². The molecule has 41 heavy (non-hydrogen) atoms. The first-order chi connectivity index (χ1) is 19.5. The molecule has 0 aliphatic rings. The van der Waals surface area contributed by atoms with E-state index in [0.717, 1.165) is 18.2 Å². The lowest BCUT2D eigenvalue weighted by Gasteiger charge is -2.33. The summed E-state index contributed by atoms with van der Waals surface area (Å²) >= 11 is 13.0. The molecule has 1 N–H and O–H groups in total. The second-order valence-electron chi connectivity index (χ2n) is 10.0. The zero-order valence-electron chi connectivity index (χ0n) is 23.6. The number of hydrogen-bond acceptors (Lipinski definition) is 4. The van der Waals surface area contributed by atoms with Gasteiger partial charge in [-0.2, -0.15) is 0 Å². The van der Waals surface area contributed by atoms with Crippen LogP contribution in [0.15, 0.2) is 78.9 Å². The van der Waals surface area contributed by atoms with Gasteiger partial charge in [0.1, 0.15) is 6.04 Å². The molecule has 0 bridgehead atoms. The summed E-state index contributed by atoms with van der Waals surface area (Å²) in [6, 6.07) is 22.4. The van der Waals surface area contributed by atoms with Gasteiger partial charge in [0, 0.05) is 47.6 Å². The van der Waals surface area contributed by atoms with Gasteiger partial charge in [-0.15, -0.1) is 0 Å². The van der Waals surface area contributed by atoms with Gasteiger partial charge < -0.3 is 10.2 Å². The maximum atomic E-state index is 13.9. The Kier molecular flexibility index (Phi) is 12.1. The van der Waals surface area contributed by atoms with E-state index in [1.165, 1.54) is 9.21 Å². The van der Waals surface area contributed by atoms with Crippen LogP contribution >= 0.6 is 23.2 Å². The van der Waals surface area contributed by atoms with Crippen LogP contribution in [0.4, 0.5) is 5.69 Å². The predicted molar refractivity (Wildman–Crippen MR) is 167 cm³/mol. The van der Waals surface area contributed by atoms with Crippen molar-refractivity contribution in [1.29, 1.82) is 0 Å². The minimum atomic E-state index is -3.57. The highest BCUT2D eigenvalue weighted by molar-refractivity contribution is 7.92. The largest absolute Gasteiger partial charge is 0.352 e. The second kappa shape index (κ2) is 15.2. The summed E-state index contributed by atoms with van der Waals surface area (Å²) < 4.78 is 26.4. The molecule has 7 nitrogen and oxygen atoms in total. The van der Waals surface area contributed by atoms with Crippen molar-refractivity contribution >= 4 is 50.7 Å². The third-order valence-electron chi connectivity index (χ3n) is 6.86. The van der Waals surface area contributed by atoms with E-state index in [-0.39, 0.29) is 50.2 Å². The summed E-state index contributed by atoms with van der Waals surface area (Å²) in [7, 11) is -3.57. The normalized spacial score (nSPS) is 12.8. The number of benzene rings is 3. The van der Waals surface area contributed by atoms with E-state index in [9.17, 15) is 18.0 Å². The molecule has 3 aromatic rings. The van der Waals surface area contributed by atoms with Crippen molar-refractivity contribution in [2.45, 2.75) is 58.2 Å². The molecule has 0 aromatic heterocycles. The van der Waals surface area contributed by atoms with Crippen molar-refractivity contribution in [2.24, 2.45) is 0 Å². The van der Waals surface area contributed by atoms with Crippen molar-refractivity contribution in [1.82, 2.24) is 10.2 Å². The van der Waals surface area contributed by atoms with Crippen molar-refractivity contribution in [2.75, 3.05) is 17.1 Å². The smallest absolute Gasteiger partial charge is 0.243 e. The molecule has 10 heteroatoms. The van der Waals surface area contributed by atoms with Crippen LogP contribution in [0.5, 0.6) is 0 Å². The van der Waals surface area contributed by atoms with Gasteiger partial charge in [0.05, 0.1) is 11.9 Å². The molecule has 3 aromatic carbocycles. The zero-order valence-corrected chi connectivity index (χ0v) is 25.9. The standard InChI is InChI=1S/C31H37Cl2N3O4S/c1-4-23(2)34-31(38)29(21-24-13-7-5-8-14-24)35(22-26-27(32)17-11-18-28(26)33)30(37)19-12-20-36(41(3,39)40)25-15-9-6-10-16-25/h5-11,13-18,23,29H,4,12,19-22H2,1-3H3,(H,34,38)/t23-,29+/m0/s1. The van der Waals surface area contributed by atoms with Crippen molar-refractivity contribution < 1.29 is 18.0 Å². The Bertz CT molecular complexity index is 1390. The van der Waals surface area contributed by atoms with Crippen LogP contribution in [0.3, 0.4) is 0 Å². The summed E-state index contributed by atoms with van der Waals surface area (Å²) in [4.78, 5) is 29.1. The number of rotatable bonds is 14. The third kappa shape index (κ3) is 9.48. The number of halogens is 2. The number of nitrogens with zero attached hydrogens (tertiary/aromatic N) is 2. The first-order valence-electron chi connectivity index (χ1n) is 13.6. The highest BCUT2D eigenvalue weighted by Crippen LogP contribution is 2.28. The van der Waals surface area contributed by atoms with E-state index in [1.807, 2.05) is 50.2 Å². The van der Waals surface area contributed by atoms with Crippen molar-refractivity contribution in [3.05, 3.63) is 100 Å². The molecule has 2 atom stereocenters. The van der Waals surface area contributed by atoms with Crippen LogP contribution in [0.2, 0.25) is 10.0 Å². The monoisotopic (exact) mass is 617 g/mol. The fourth-order valence-electron chi connectivity index (χ4n) is 4.45. The minimum absolute atomic E-state index is 0.0167. The Labute approximate surface area is 253 Å². The predicted octanol–water partition coefficient (Wildman–Crippen LogP) is 6.09. The Morgan fingerprint density at radius 2 is 1.49 bits per heavy atom. The Balaban J connectivity index is 1.93. The molecule has 0 fully saturated rings. The molecule has 2 amide bonds. The number of nitrogens with one attached hydrogen (secondary N) is 1. The van der Waals surface area contributed by atoms with Crippen LogP contribution in [0.25, 0.3) is 0 Å². The number of sulfonamides is 1. The molecule has 0 spiro atoms. The van der Waals surface area contributed by atoms with Gasteiger partial charge in [-0.05, 0) is 49.6 Å². The number of carbonyl (C=O) groups excluding carboxylic acids is 2. The van der Waals surface area contributed by atoms with Gasteiger partial charge in [0.2, 0.25) is 21.8 Å². The summed E-state index contributed by atoms with van der Waals surface area (Å²) in [5.41, 5.74) is 1.96. The number of carbonyl (C=O) groups is 2. The van der Waals surface area contributed by atoms with Crippen LogP contribution in [0, 0.1) is 0 Å². The zero-order chi connectivity index (χ0) is 30.0. The molecular formula is C31H37Cl2N3O4S. The lowest BCUT2D eigenvalue weighted by Crippen LogP contribution is -2.52.